The quantitative estimate of drug-likeness (QED) is 0.823. The number of rotatable bonds is 3. The van der Waals surface area contributed by atoms with Gasteiger partial charge in [0.2, 0.25) is 0 Å². The molecule has 0 aromatic heterocycles. The Kier molecular flexibility index (Phi) is 4.25. The molecule has 1 unspecified atom stereocenters. The molecule has 0 amide bonds. The molecule has 1 N–H and O–H groups in total. The predicted octanol–water partition coefficient (Wildman–Crippen LogP) is 1.73. The van der Waals surface area contributed by atoms with E-state index in [1.54, 1.807) is 0 Å². The van der Waals surface area contributed by atoms with E-state index < -0.39 is 9.84 Å². The minimum atomic E-state index is -2.82. The second kappa shape index (κ2) is 5.50. The van der Waals surface area contributed by atoms with Gasteiger partial charge in [0, 0.05) is 0 Å². The van der Waals surface area contributed by atoms with Crippen molar-refractivity contribution in [1.82, 2.24) is 5.32 Å². The highest BCUT2D eigenvalue weighted by Crippen LogP contribution is 2.26. The first kappa shape index (κ1) is 12.4. The number of hydrogen-bond donors (Lipinski definition) is 1. The Labute approximate surface area is 98.9 Å². The Bertz CT molecular complexity index is 301. The molecule has 1 heterocycles. The van der Waals surface area contributed by atoms with Gasteiger partial charge in [0.25, 0.3) is 0 Å². The van der Waals surface area contributed by atoms with E-state index in [4.69, 9.17) is 0 Å². The molecule has 1 saturated heterocycles. The van der Waals surface area contributed by atoms with Gasteiger partial charge >= 0.3 is 0 Å². The van der Waals surface area contributed by atoms with E-state index >= 15 is 0 Å². The number of piperidine rings is 1. The molecule has 4 heteroatoms. The molecule has 2 rings (SSSR count). The third-order valence-corrected chi connectivity index (χ3v) is 6.35. The first-order valence-corrected chi connectivity index (χ1v) is 8.32. The largest absolute Gasteiger partial charge is 0.316 e. The molecule has 0 aromatic rings. The van der Waals surface area contributed by atoms with E-state index in [1.165, 1.54) is 6.42 Å². The smallest absolute Gasteiger partial charge is 0.153 e. The molecule has 0 radical (unpaired) electrons. The highest BCUT2D eigenvalue weighted by atomic mass is 32.2. The van der Waals surface area contributed by atoms with Crippen LogP contribution in [0.1, 0.15) is 44.9 Å². The lowest BCUT2D eigenvalue weighted by Gasteiger charge is -2.27. The Morgan fingerprint density at radius 2 is 1.75 bits per heavy atom. The van der Waals surface area contributed by atoms with E-state index in [0.29, 0.717) is 11.7 Å². The van der Waals surface area contributed by atoms with Gasteiger partial charge in [-0.25, -0.2) is 8.42 Å². The maximum atomic E-state index is 12.2. The molecule has 0 aromatic carbocycles. The van der Waals surface area contributed by atoms with Crippen molar-refractivity contribution in [2.45, 2.75) is 50.2 Å². The van der Waals surface area contributed by atoms with Crippen LogP contribution in [-0.2, 0) is 9.84 Å². The maximum absolute atomic E-state index is 12.2. The summed E-state index contributed by atoms with van der Waals surface area (Å²) in [4.78, 5) is 0. The summed E-state index contributed by atoms with van der Waals surface area (Å²) in [5.41, 5.74) is 0. The van der Waals surface area contributed by atoms with Gasteiger partial charge in [-0.15, -0.1) is 0 Å². The molecule has 1 aliphatic carbocycles. The minimum Gasteiger partial charge on any atom is -0.316 e. The molecule has 0 spiro atoms. The summed E-state index contributed by atoms with van der Waals surface area (Å²) in [5, 5.41) is 3.27. The number of sulfone groups is 1. The SMILES string of the molecule is O=S(=O)(CC1CCCNC1)C1CCCCC1. The van der Waals surface area contributed by atoms with Crippen LogP contribution in [0.4, 0.5) is 0 Å². The lowest BCUT2D eigenvalue weighted by molar-refractivity contribution is 0.399. The van der Waals surface area contributed by atoms with Crippen LogP contribution >= 0.6 is 0 Å². The zero-order chi connectivity index (χ0) is 11.4. The van der Waals surface area contributed by atoms with Crippen molar-refractivity contribution in [1.29, 1.82) is 0 Å². The molecule has 1 saturated carbocycles. The highest BCUT2D eigenvalue weighted by molar-refractivity contribution is 7.92. The molecule has 16 heavy (non-hydrogen) atoms. The fourth-order valence-corrected chi connectivity index (χ4v) is 5.22. The van der Waals surface area contributed by atoms with Crippen molar-refractivity contribution in [3.8, 4) is 0 Å². The van der Waals surface area contributed by atoms with Gasteiger partial charge in [0.15, 0.2) is 9.84 Å². The van der Waals surface area contributed by atoms with Gasteiger partial charge < -0.3 is 5.32 Å². The second-order valence-electron chi connectivity index (χ2n) is 5.30. The molecular weight excluding hydrogens is 222 g/mol. The molecule has 0 bridgehead atoms. The first-order chi connectivity index (χ1) is 7.68. The summed E-state index contributed by atoms with van der Waals surface area (Å²) >= 11 is 0. The van der Waals surface area contributed by atoms with Crippen LogP contribution in [-0.4, -0.2) is 32.5 Å². The molecule has 2 fully saturated rings. The fourth-order valence-electron chi connectivity index (χ4n) is 2.96. The number of hydrogen-bond acceptors (Lipinski definition) is 3. The van der Waals surface area contributed by atoms with Crippen LogP contribution in [0, 0.1) is 5.92 Å². The number of nitrogens with one attached hydrogen (secondary N) is 1. The third kappa shape index (κ3) is 3.20. The van der Waals surface area contributed by atoms with Gasteiger partial charge in [-0.2, -0.15) is 0 Å². The monoisotopic (exact) mass is 245 g/mol. The molecule has 94 valence electrons. The van der Waals surface area contributed by atoms with Crippen LogP contribution in [0.2, 0.25) is 0 Å². The average Bonchev–Trinajstić information content (AvgIpc) is 2.31. The Morgan fingerprint density at radius 3 is 2.38 bits per heavy atom. The van der Waals surface area contributed by atoms with Gasteiger partial charge in [-0.3, -0.25) is 0 Å². The lowest BCUT2D eigenvalue weighted by Crippen LogP contribution is -2.37. The Balaban J connectivity index is 1.90. The van der Waals surface area contributed by atoms with E-state index in [2.05, 4.69) is 5.32 Å². The van der Waals surface area contributed by atoms with Crippen LogP contribution in [0.3, 0.4) is 0 Å². The van der Waals surface area contributed by atoms with Crippen molar-refractivity contribution in [3.05, 3.63) is 0 Å². The van der Waals surface area contributed by atoms with E-state index in [1.807, 2.05) is 0 Å². The first-order valence-electron chi connectivity index (χ1n) is 6.61. The average molecular weight is 245 g/mol. The zero-order valence-electron chi connectivity index (χ0n) is 9.95. The van der Waals surface area contributed by atoms with Crippen molar-refractivity contribution >= 4 is 9.84 Å². The van der Waals surface area contributed by atoms with Crippen LogP contribution in [0.5, 0.6) is 0 Å². The summed E-state index contributed by atoms with van der Waals surface area (Å²) in [5.74, 6) is 0.783. The molecule has 1 aliphatic heterocycles. The minimum absolute atomic E-state index is 0.0248. The maximum Gasteiger partial charge on any atom is 0.153 e. The topological polar surface area (TPSA) is 46.2 Å². The molecule has 1 atom stereocenters. The highest BCUT2D eigenvalue weighted by Gasteiger charge is 2.30. The Morgan fingerprint density at radius 1 is 1.00 bits per heavy atom. The van der Waals surface area contributed by atoms with Crippen LogP contribution < -0.4 is 5.32 Å². The lowest BCUT2D eigenvalue weighted by atomic mass is 10.0. The fraction of sp³-hybridized carbons (Fsp3) is 1.00. The van der Waals surface area contributed by atoms with Crippen molar-refractivity contribution in [2.24, 2.45) is 5.92 Å². The van der Waals surface area contributed by atoms with Crippen molar-refractivity contribution in [2.75, 3.05) is 18.8 Å². The standard InChI is InChI=1S/C12H23NO2S/c14-16(15,12-6-2-1-3-7-12)10-11-5-4-8-13-9-11/h11-13H,1-10H2. The normalized spacial score (nSPS) is 29.1. The van der Waals surface area contributed by atoms with Crippen LogP contribution in [0.25, 0.3) is 0 Å². The van der Waals surface area contributed by atoms with E-state index in [-0.39, 0.29) is 5.25 Å². The van der Waals surface area contributed by atoms with E-state index in [9.17, 15) is 8.42 Å². The second-order valence-corrected chi connectivity index (χ2v) is 7.63. The van der Waals surface area contributed by atoms with Crippen molar-refractivity contribution in [3.63, 3.8) is 0 Å². The molecule has 3 nitrogen and oxygen atoms in total. The Hall–Kier alpha value is -0.0900. The molecule has 2 aliphatic rings. The summed E-state index contributed by atoms with van der Waals surface area (Å²) < 4.78 is 24.5. The van der Waals surface area contributed by atoms with Crippen molar-refractivity contribution < 1.29 is 8.42 Å². The van der Waals surface area contributed by atoms with Gasteiger partial charge in [0.1, 0.15) is 0 Å². The summed E-state index contributed by atoms with van der Waals surface area (Å²) in [6, 6.07) is 0. The summed E-state index contributed by atoms with van der Waals surface area (Å²) in [6.45, 7) is 1.95. The van der Waals surface area contributed by atoms with Crippen LogP contribution in [0.15, 0.2) is 0 Å². The molecular formula is C12H23NO2S. The van der Waals surface area contributed by atoms with Gasteiger partial charge in [0.05, 0.1) is 11.0 Å². The summed E-state index contributed by atoms with van der Waals surface area (Å²) in [7, 11) is -2.82. The van der Waals surface area contributed by atoms with Gasteiger partial charge in [-0.05, 0) is 44.7 Å². The van der Waals surface area contributed by atoms with Gasteiger partial charge in [-0.1, -0.05) is 19.3 Å². The zero-order valence-corrected chi connectivity index (χ0v) is 10.8. The van der Waals surface area contributed by atoms with E-state index in [0.717, 1.165) is 51.6 Å². The predicted molar refractivity (Wildman–Crippen MR) is 66.3 cm³/mol. The third-order valence-electron chi connectivity index (χ3n) is 3.93. The summed E-state index contributed by atoms with van der Waals surface area (Å²) in [6.07, 6.45) is 7.45.